The summed E-state index contributed by atoms with van der Waals surface area (Å²) >= 11 is 0. The number of benzene rings is 2. The molecule has 0 radical (unpaired) electrons. The van der Waals surface area contributed by atoms with E-state index >= 15 is 0 Å². The number of aryl methyl sites for hydroxylation is 2. The highest BCUT2D eigenvalue weighted by molar-refractivity contribution is 7.89. The SMILES string of the molecule is CCN(CC)S(=O)(=O)c1ccc(NC(=O)CN2CCN(C(=O)c3cc(C)cc(C)c3)CC2)cc1. The van der Waals surface area contributed by atoms with Crippen molar-refractivity contribution in [2.45, 2.75) is 32.6 Å². The van der Waals surface area contributed by atoms with E-state index in [-0.39, 0.29) is 23.3 Å². The molecule has 8 nitrogen and oxygen atoms in total. The third kappa shape index (κ3) is 6.22. The summed E-state index contributed by atoms with van der Waals surface area (Å²) in [4.78, 5) is 29.4. The van der Waals surface area contributed by atoms with Crippen molar-refractivity contribution in [3.63, 3.8) is 0 Å². The van der Waals surface area contributed by atoms with E-state index in [2.05, 4.69) is 5.32 Å². The fraction of sp³-hybridized carbons (Fsp3) is 0.440. The van der Waals surface area contributed by atoms with E-state index < -0.39 is 10.0 Å². The maximum atomic E-state index is 12.8. The predicted molar refractivity (Wildman–Crippen MR) is 133 cm³/mol. The van der Waals surface area contributed by atoms with Crippen molar-refractivity contribution in [2.24, 2.45) is 0 Å². The molecule has 0 saturated carbocycles. The van der Waals surface area contributed by atoms with E-state index in [1.165, 1.54) is 16.4 Å². The molecule has 2 amide bonds. The third-order valence-corrected chi connectivity index (χ3v) is 8.04. The molecule has 1 fully saturated rings. The fourth-order valence-corrected chi connectivity index (χ4v) is 5.67. The van der Waals surface area contributed by atoms with Gasteiger partial charge in [0, 0.05) is 50.5 Å². The zero-order chi connectivity index (χ0) is 24.9. The number of carbonyl (C=O) groups is 2. The summed E-state index contributed by atoms with van der Waals surface area (Å²) in [5.74, 6) is -0.149. The minimum Gasteiger partial charge on any atom is -0.336 e. The summed E-state index contributed by atoms with van der Waals surface area (Å²) in [6.07, 6.45) is 0. The Morgan fingerprint density at radius 2 is 1.47 bits per heavy atom. The zero-order valence-corrected chi connectivity index (χ0v) is 21.2. The van der Waals surface area contributed by atoms with Gasteiger partial charge in [-0.3, -0.25) is 14.5 Å². The van der Waals surface area contributed by atoms with Gasteiger partial charge in [-0.05, 0) is 50.2 Å². The second kappa shape index (κ2) is 11.1. The molecule has 2 aromatic carbocycles. The average Bonchev–Trinajstić information content (AvgIpc) is 2.79. The van der Waals surface area contributed by atoms with Crippen LogP contribution in [0.5, 0.6) is 0 Å². The molecule has 0 aliphatic carbocycles. The number of sulfonamides is 1. The molecule has 0 atom stereocenters. The molecule has 1 aliphatic rings. The Hall–Kier alpha value is -2.75. The second-order valence-corrected chi connectivity index (χ2v) is 10.5. The zero-order valence-electron chi connectivity index (χ0n) is 20.4. The van der Waals surface area contributed by atoms with Crippen molar-refractivity contribution in [1.82, 2.24) is 14.1 Å². The van der Waals surface area contributed by atoms with Crippen molar-refractivity contribution in [3.8, 4) is 0 Å². The molecule has 0 unspecified atom stereocenters. The van der Waals surface area contributed by atoms with Crippen LogP contribution in [-0.2, 0) is 14.8 Å². The number of piperazine rings is 1. The number of nitrogens with zero attached hydrogens (tertiary/aromatic N) is 3. The summed E-state index contributed by atoms with van der Waals surface area (Å²) < 4.78 is 26.6. The first kappa shape index (κ1) is 25.9. The van der Waals surface area contributed by atoms with Crippen molar-refractivity contribution >= 4 is 27.5 Å². The molecular formula is C25H34N4O4S. The van der Waals surface area contributed by atoms with E-state index in [4.69, 9.17) is 0 Å². The Kier molecular flexibility index (Phi) is 8.46. The Morgan fingerprint density at radius 3 is 2.00 bits per heavy atom. The molecular weight excluding hydrogens is 452 g/mol. The largest absolute Gasteiger partial charge is 0.336 e. The van der Waals surface area contributed by atoms with E-state index in [9.17, 15) is 18.0 Å². The molecule has 34 heavy (non-hydrogen) atoms. The predicted octanol–water partition coefficient (Wildman–Crippen LogP) is 2.73. The first-order chi connectivity index (χ1) is 16.1. The van der Waals surface area contributed by atoms with Crippen molar-refractivity contribution in [1.29, 1.82) is 0 Å². The van der Waals surface area contributed by atoms with Gasteiger partial charge in [0.05, 0.1) is 11.4 Å². The summed E-state index contributed by atoms with van der Waals surface area (Å²) in [6, 6.07) is 12.1. The number of carbonyl (C=O) groups excluding carboxylic acids is 2. The van der Waals surface area contributed by atoms with Crippen LogP contribution in [0.3, 0.4) is 0 Å². The lowest BCUT2D eigenvalue weighted by atomic mass is 10.1. The van der Waals surface area contributed by atoms with Gasteiger partial charge in [0.2, 0.25) is 15.9 Å². The highest BCUT2D eigenvalue weighted by atomic mass is 32.2. The lowest BCUT2D eigenvalue weighted by molar-refractivity contribution is -0.117. The van der Waals surface area contributed by atoms with Gasteiger partial charge in [-0.25, -0.2) is 8.42 Å². The Morgan fingerprint density at radius 1 is 0.912 bits per heavy atom. The van der Waals surface area contributed by atoms with E-state index in [1.807, 2.05) is 41.8 Å². The van der Waals surface area contributed by atoms with Crippen LogP contribution in [-0.4, -0.2) is 80.2 Å². The van der Waals surface area contributed by atoms with Gasteiger partial charge < -0.3 is 10.2 Å². The summed E-state index contributed by atoms with van der Waals surface area (Å²) in [6.45, 7) is 11.0. The lowest BCUT2D eigenvalue weighted by Gasteiger charge is -2.34. The topological polar surface area (TPSA) is 90.0 Å². The third-order valence-electron chi connectivity index (χ3n) is 5.98. The number of amides is 2. The number of hydrogen-bond acceptors (Lipinski definition) is 5. The van der Waals surface area contributed by atoms with E-state index in [0.29, 0.717) is 50.5 Å². The first-order valence-corrected chi connectivity index (χ1v) is 13.1. The fourth-order valence-electron chi connectivity index (χ4n) is 4.22. The molecule has 1 saturated heterocycles. The molecule has 9 heteroatoms. The Bertz CT molecular complexity index is 1100. The van der Waals surface area contributed by atoms with Gasteiger partial charge in [0.1, 0.15) is 0 Å². The van der Waals surface area contributed by atoms with Crippen molar-refractivity contribution < 1.29 is 18.0 Å². The Labute approximate surface area is 202 Å². The van der Waals surface area contributed by atoms with Gasteiger partial charge in [0.25, 0.3) is 5.91 Å². The smallest absolute Gasteiger partial charge is 0.253 e. The molecule has 0 aromatic heterocycles. The van der Waals surface area contributed by atoms with Gasteiger partial charge in [-0.1, -0.05) is 31.0 Å². The normalized spacial score (nSPS) is 14.9. The molecule has 2 aromatic rings. The number of anilines is 1. The van der Waals surface area contributed by atoms with Crippen LogP contribution in [0.15, 0.2) is 47.4 Å². The van der Waals surface area contributed by atoms with Crippen LogP contribution in [0.25, 0.3) is 0 Å². The quantitative estimate of drug-likeness (QED) is 0.620. The Balaban J connectivity index is 1.51. The minimum absolute atomic E-state index is 0.0238. The standard InChI is InChI=1S/C25H34N4O4S/c1-5-29(6-2)34(32,33)23-9-7-22(8-10-23)26-24(30)18-27-11-13-28(14-12-27)25(31)21-16-19(3)15-20(4)17-21/h7-10,15-17H,5-6,11-14,18H2,1-4H3,(H,26,30). The molecule has 0 bridgehead atoms. The molecule has 1 N–H and O–H groups in total. The molecule has 1 aliphatic heterocycles. The van der Waals surface area contributed by atoms with Gasteiger partial charge >= 0.3 is 0 Å². The summed E-state index contributed by atoms with van der Waals surface area (Å²) in [7, 11) is -3.53. The first-order valence-electron chi connectivity index (χ1n) is 11.6. The monoisotopic (exact) mass is 486 g/mol. The van der Waals surface area contributed by atoms with Gasteiger partial charge in [-0.15, -0.1) is 0 Å². The van der Waals surface area contributed by atoms with Crippen LogP contribution >= 0.6 is 0 Å². The average molecular weight is 487 g/mol. The van der Waals surface area contributed by atoms with Crippen LogP contribution in [0.4, 0.5) is 5.69 Å². The van der Waals surface area contributed by atoms with Crippen LogP contribution in [0.2, 0.25) is 0 Å². The summed E-state index contributed by atoms with van der Waals surface area (Å²) in [5, 5.41) is 2.83. The molecule has 1 heterocycles. The van der Waals surface area contributed by atoms with E-state index in [0.717, 1.165) is 11.1 Å². The van der Waals surface area contributed by atoms with Gasteiger partial charge in [0.15, 0.2) is 0 Å². The highest BCUT2D eigenvalue weighted by Gasteiger charge is 2.24. The van der Waals surface area contributed by atoms with Crippen LogP contribution in [0, 0.1) is 13.8 Å². The molecule has 0 spiro atoms. The van der Waals surface area contributed by atoms with Gasteiger partial charge in [-0.2, -0.15) is 4.31 Å². The highest BCUT2D eigenvalue weighted by Crippen LogP contribution is 2.18. The molecule has 3 rings (SSSR count). The maximum absolute atomic E-state index is 12.8. The number of nitrogens with one attached hydrogen (secondary N) is 1. The number of rotatable bonds is 8. The van der Waals surface area contributed by atoms with Crippen molar-refractivity contribution in [3.05, 3.63) is 59.2 Å². The maximum Gasteiger partial charge on any atom is 0.253 e. The minimum atomic E-state index is -3.53. The number of hydrogen-bond donors (Lipinski definition) is 1. The second-order valence-electron chi connectivity index (χ2n) is 8.61. The summed E-state index contributed by atoms with van der Waals surface area (Å²) in [5.41, 5.74) is 3.39. The van der Waals surface area contributed by atoms with E-state index in [1.54, 1.807) is 26.0 Å². The van der Waals surface area contributed by atoms with Crippen LogP contribution in [0.1, 0.15) is 35.3 Å². The van der Waals surface area contributed by atoms with Crippen molar-refractivity contribution in [2.75, 3.05) is 51.1 Å². The molecule has 184 valence electrons. The van der Waals surface area contributed by atoms with Crippen LogP contribution < -0.4 is 5.32 Å². The lowest BCUT2D eigenvalue weighted by Crippen LogP contribution is -2.50.